The van der Waals surface area contributed by atoms with Crippen LogP contribution in [0.25, 0.3) is 0 Å². The van der Waals surface area contributed by atoms with Crippen LogP contribution in [0.15, 0.2) is 24.3 Å². The Balaban J connectivity index is 2.10. The van der Waals surface area contributed by atoms with Gasteiger partial charge in [-0.1, -0.05) is 26.0 Å². The van der Waals surface area contributed by atoms with Crippen LogP contribution < -0.4 is 37.6 Å². The van der Waals surface area contributed by atoms with Crippen molar-refractivity contribution in [2.75, 3.05) is 13.1 Å². The van der Waals surface area contributed by atoms with E-state index in [-0.39, 0.29) is 37.4 Å². The van der Waals surface area contributed by atoms with Gasteiger partial charge < -0.3 is 47.8 Å². The number of hydrogen-bond acceptors (Lipinski definition) is 9. The molecule has 0 bridgehead atoms. The number of nitrogens with two attached hydrogens (primary N) is 1. The molecule has 16 heteroatoms. The van der Waals surface area contributed by atoms with Crippen molar-refractivity contribution < 1.29 is 43.8 Å². The monoisotopic (exact) mass is 647 g/mol. The molecular formula is C30H45N7O9. The Labute approximate surface area is 267 Å². The lowest BCUT2D eigenvalue weighted by Crippen LogP contribution is -2.57. The minimum absolute atomic E-state index is 0.00696. The number of rotatable bonds is 18. The molecular weight excluding hydrogens is 602 g/mol. The third-order valence-corrected chi connectivity index (χ3v) is 7.21. The number of amides is 6. The minimum Gasteiger partial charge on any atom is -0.508 e. The molecule has 0 spiro atoms. The maximum absolute atomic E-state index is 13.4. The smallest absolute Gasteiger partial charge is 0.325 e. The van der Waals surface area contributed by atoms with E-state index in [1.807, 2.05) is 13.8 Å². The number of aromatic hydroxyl groups is 1. The fraction of sp³-hybridized carbons (Fsp3) is 0.567. The van der Waals surface area contributed by atoms with Crippen molar-refractivity contribution in [1.29, 1.82) is 0 Å². The zero-order valence-corrected chi connectivity index (χ0v) is 26.3. The molecule has 1 aromatic rings. The zero-order valence-electron chi connectivity index (χ0n) is 26.3. The predicted octanol–water partition coefficient (Wildman–Crippen LogP) is -1.84. The summed E-state index contributed by atoms with van der Waals surface area (Å²) in [5.41, 5.74) is 5.78. The summed E-state index contributed by atoms with van der Waals surface area (Å²) in [5.74, 6) is -5.38. The van der Waals surface area contributed by atoms with Crippen molar-refractivity contribution in [2.24, 2.45) is 11.7 Å². The van der Waals surface area contributed by atoms with Gasteiger partial charge in [0.05, 0.1) is 12.6 Å². The average molecular weight is 648 g/mol. The molecule has 10 N–H and O–H groups in total. The van der Waals surface area contributed by atoms with E-state index in [1.165, 1.54) is 19.1 Å². The van der Waals surface area contributed by atoms with Crippen LogP contribution >= 0.6 is 0 Å². The molecule has 5 atom stereocenters. The van der Waals surface area contributed by atoms with Crippen LogP contribution in [0.5, 0.6) is 5.75 Å². The number of carbonyl (C=O) groups is 7. The highest BCUT2D eigenvalue weighted by Crippen LogP contribution is 2.13. The van der Waals surface area contributed by atoms with Crippen LogP contribution in [0.1, 0.15) is 58.4 Å². The lowest BCUT2D eigenvalue weighted by atomic mass is 10.0. The molecule has 1 aliphatic rings. The van der Waals surface area contributed by atoms with Crippen molar-refractivity contribution in [3.8, 4) is 5.75 Å². The van der Waals surface area contributed by atoms with E-state index in [2.05, 4.69) is 31.9 Å². The van der Waals surface area contributed by atoms with Gasteiger partial charge in [0.25, 0.3) is 0 Å². The van der Waals surface area contributed by atoms with Crippen LogP contribution in [-0.4, -0.2) is 94.9 Å². The second-order valence-corrected chi connectivity index (χ2v) is 11.7. The molecule has 0 saturated carbocycles. The van der Waals surface area contributed by atoms with Gasteiger partial charge in [-0.2, -0.15) is 0 Å². The van der Waals surface area contributed by atoms with E-state index < -0.39 is 78.2 Å². The van der Waals surface area contributed by atoms with Gasteiger partial charge >= 0.3 is 5.97 Å². The molecule has 1 aromatic carbocycles. The number of nitrogens with one attached hydrogen (secondary N) is 6. The van der Waals surface area contributed by atoms with Crippen molar-refractivity contribution in [3.63, 3.8) is 0 Å². The number of carboxylic acid groups (broad SMARTS) is 1. The Morgan fingerprint density at radius 3 is 2.11 bits per heavy atom. The zero-order chi connectivity index (χ0) is 34.4. The Kier molecular flexibility index (Phi) is 14.9. The molecule has 6 amide bonds. The molecule has 46 heavy (non-hydrogen) atoms. The van der Waals surface area contributed by atoms with Gasteiger partial charge in [-0.15, -0.1) is 0 Å². The molecule has 0 aliphatic carbocycles. The third kappa shape index (κ3) is 13.1. The summed E-state index contributed by atoms with van der Waals surface area (Å²) in [6.07, 6.45) is 1.25. The first kappa shape index (κ1) is 37.5. The fourth-order valence-corrected chi connectivity index (χ4v) is 4.70. The summed E-state index contributed by atoms with van der Waals surface area (Å²) in [6.45, 7) is 5.00. The molecule has 1 saturated heterocycles. The Morgan fingerprint density at radius 1 is 0.891 bits per heavy atom. The second-order valence-electron chi connectivity index (χ2n) is 11.7. The molecule has 16 nitrogen and oxygen atoms in total. The maximum atomic E-state index is 13.4. The first-order valence-electron chi connectivity index (χ1n) is 15.2. The number of aliphatic carboxylic acids is 1. The molecule has 1 aliphatic heterocycles. The number of benzene rings is 1. The molecule has 0 aromatic heterocycles. The standard InChI is InChI=1S/C30H45N7O9/c1-16(2)13-22(29(44)37-23(28(43)34-17(3)30(45)46)14-18-6-8-19(38)9-7-18)35-25(40)15-33-26(41)21(10-11-24(31)39)36-27(42)20-5-4-12-32-20/h6-9,16-17,20-23,32,38H,4-5,10-15H2,1-3H3,(H2,31,39)(H,33,41)(H,34,43)(H,35,40)(H,36,42)(H,37,44)(H,45,46). The van der Waals surface area contributed by atoms with Crippen molar-refractivity contribution in [1.82, 2.24) is 31.9 Å². The second kappa shape index (κ2) is 18.3. The summed E-state index contributed by atoms with van der Waals surface area (Å²) in [7, 11) is 0. The van der Waals surface area contributed by atoms with Gasteiger partial charge in [0.15, 0.2) is 0 Å². The van der Waals surface area contributed by atoms with Crippen molar-refractivity contribution in [3.05, 3.63) is 29.8 Å². The number of phenols is 1. The first-order valence-corrected chi connectivity index (χ1v) is 15.2. The third-order valence-electron chi connectivity index (χ3n) is 7.21. The SMILES string of the molecule is CC(C)CC(NC(=O)CNC(=O)C(CCC(N)=O)NC(=O)C1CCCN1)C(=O)NC(Cc1ccc(O)cc1)C(=O)NC(C)C(=O)O. The van der Waals surface area contributed by atoms with E-state index in [1.54, 1.807) is 12.1 Å². The Hall–Kier alpha value is -4.73. The Morgan fingerprint density at radius 2 is 1.54 bits per heavy atom. The summed E-state index contributed by atoms with van der Waals surface area (Å²) < 4.78 is 0. The highest BCUT2D eigenvalue weighted by molar-refractivity contribution is 5.95. The van der Waals surface area contributed by atoms with Gasteiger partial charge in [-0.05, 0) is 62.8 Å². The van der Waals surface area contributed by atoms with Gasteiger partial charge in [-0.25, -0.2) is 0 Å². The molecule has 2 rings (SSSR count). The molecule has 254 valence electrons. The van der Waals surface area contributed by atoms with E-state index in [9.17, 15) is 43.8 Å². The molecule has 1 heterocycles. The normalized spacial score (nSPS) is 16.7. The van der Waals surface area contributed by atoms with Gasteiger partial charge in [-0.3, -0.25) is 33.6 Å². The molecule has 1 fully saturated rings. The Bertz CT molecular complexity index is 1250. The van der Waals surface area contributed by atoms with Gasteiger partial charge in [0.1, 0.15) is 29.9 Å². The first-order chi connectivity index (χ1) is 21.7. The fourth-order valence-electron chi connectivity index (χ4n) is 4.70. The highest BCUT2D eigenvalue weighted by Gasteiger charge is 2.31. The lowest BCUT2D eigenvalue weighted by molar-refractivity contribution is -0.141. The number of hydrogen-bond donors (Lipinski definition) is 9. The van der Waals surface area contributed by atoms with Crippen LogP contribution in [-0.2, 0) is 40.0 Å². The minimum atomic E-state index is -1.28. The van der Waals surface area contributed by atoms with Crippen LogP contribution in [0.2, 0.25) is 0 Å². The highest BCUT2D eigenvalue weighted by atomic mass is 16.4. The van der Waals surface area contributed by atoms with E-state index in [0.717, 1.165) is 6.42 Å². The largest absolute Gasteiger partial charge is 0.508 e. The van der Waals surface area contributed by atoms with E-state index in [0.29, 0.717) is 18.5 Å². The summed E-state index contributed by atoms with van der Waals surface area (Å²) in [4.78, 5) is 87.4. The number of phenolic OH excluding ortho intramolecular Hbond substituents is 1. The van der Waals surface area contributed by atoms with Crippen LogP contribution in [0, 0.1) is 5.92 Å². The maximum Gasteiger partial charge on any atom is 0.325 e. The topological polar surface area (TPSA) is 258 Å². The van der Waals surface area contributed by atoms with E-state index in [4.69, 9.17) is 5.73 Å². The summed E-state index contributed by atoms with van der Waals surface area (Å²) >= 11 is 0. The van der Waals surface area contributed by atoms with Gasteiger partial charge in [0.2, 0.25) is 35.4 Å². The molecule has 0 radical (unpaired) electrons. The molecule has 5 unspecified atom stereocenters. The van der Waals surface area contributed by atoms with Crippen LogP contribution in [0.3, 0.4) is 0 Å². The quantitative estimate of drug-likeness (QED) is 0.0860. The predicted molar refractivity (Wildman–Crippen MR) is 165 cm³/mol. The number of primary amides is 1. The summed E-state index contributed by atoms with van der Waals surface area (Å²) in [6, 6.07) is 0.683. The van der Waals surface area contributed by atoms with Crippen molar-refractivity contribution >= 4 is 41.4 Å². The van der Waals surface area contributed by atoms with Gasteiger partial charge in [0, 0.05) is 12.8 Å². The van der Waals surface area contributed by atoms with Crippen molar-refractivity contribution in [2.45, 2.75) is 89.5 Å². The lowest BCUT2D eigenvalue weighted by Gasteiger charge is -2.25. The summed E-state index contributed by atoms with van der Waals surface area (Å²) in [5, 5.41) is 34.3. The number of carbonyl (C=O) groups excluding carboxylic acids is 6. The number of carboxylic acids is 1. The van der Waals surface area contributed by atoms with Crippen LogP contribution in [0.4, 0.5) is 0 Å². The van der Waals surface area contributed by atoms with E-state index >= 15 is 0 Å². The average Bonchev–Trinajstić information content (AvgIpc) is 3.53.